The topological polar surface area (TPSA) is 66.2 Å². The van der Waals surface area contributed by atoms with Crippen molar-refractivity contribution in [2.75, 3.05) is 0 Å². The summed E-state index contributed by atoms with van der Waals surface area (Å²) in [5, 5.41) is 0. The van der Waals surface area contributed by atoms with E-state index in [0.29, 0.717) is 22.5 Å². The number of fused-ring (bicyclic) bond motifs is 3. The lowest BCUT2D eigenvalue weighted by Gasteiger charge is -2.12. The second-order valence-corrected chi connectivity index (χ2v) is 7.21. The molecule has 0 aliphatic carbocycles. The Morgan fingerprint density at radius 1 is 1.18 bits per heavy atom. The lowest BCUT2D eigenvalue weighted by atomic mass is 10.2. The largest absolute Gasteiger partial charge is 0.332 e. The van der Waals surface area contributed by atoms with Gasteiger partial charge in [-0.15, -0.1) is 0 Å². The molecule has 0 spiro atoms. The maximum atomic E-state index is 13.2. The number of imidazole rings is 2. The van der Waals surface area contributed by atoms with Gasteiger partial charge in [-0.3, -0.25) is 18.3 Å². The van der Waals surface area contributed by atoms with Crippen molar-refractivity contribution in [3.05, 3.63) is 68.4 Å². The quantitative estimate of drug-likeness (QED) is 0.544. The molecule has 7 nitrogen and oxygen atoms in total. The van der Waals surface area contributed by atoms with Gasteiger partial charge in [-0.05, 0) is 38.0 Å². The van der Waals surface area contributed by atoms with Crippen molar-refractivity contribution in [2.24, 2.45) is 7.05 Å². The predicted molar refractivity (Wildman–Crippen MR) is 105 cm³/mol. The van der Waals surface area contributed by atoms with E-state index in [9.17, 15) is 14.0 Å². The van der Waals surface area contributed by atoms with Crippen molar-refractivity contribution in [3.8, 4) is 0 Å². The summed E-state index contributed by atoms with van der Waals surface area (Å²) < 4.78 is 19.6. The lowest BCUT2D eigenvalue weighted by molar-refractivity contribution is 0.532. The Hall–Kier alpha value is -3.16. The molecule has 1 atom stereocenters. The molecule has 146 valence electrons. The minimum Gasteiger partial charge on any atom is -0.311 e. The summed E-state index contributed by atoms with van der Waals surface area (Å²) in [7, 11) is 1.61. The Kier molecular flexibility index (Phi) is 4.21. The Balaban J connectivity index is 2.00. The second-order valence-electron chi connectivity index (χ2n) is 7.21. The highest BCUT2D eigenvalue weighted by molar-refractivity contribution is 5.75. The van der Waals surface area contributed by atoms with Crippen LogP contribution in [0.5, 0.6) is 0 Å². The van der Waals surface area contributed by atoms with Gasteiger partial charge in [0.05, 0.1) is 6.54 Å². The number of hydrogen-bond donors (Lipinski definition) is 0. The molecule has 0 amide bonds. The zero-order valence-electron chi connectivity index (χ0n) is 16.3. The molecule has 0 radical (unpaired) electrons. The Bertz CT molecular complexity index is 1310. The smallest absolute Gasteiger partial charge is 0.311 e. The molecule has 4 rings (SSSR count). The summed E-state index contributed by atoms with van der Waals surface area (Å²) in [6, 6.07) is 5.99. The zero-order chi connectivity index (χ0) is 20.2. The van der Waals surface area contributed by atoms with Crippen LogP contribution in [0.3, 0.4) is 0 Å². The van der Waals surface area contributed by atoms with E-state index < -0.39 is 11.2 Å². The Morgan fingerprint density at radius 2 is 1.86 bits per heavy atom. The number of rotatable bonds is 4. The average molecular weight is 383 g/mol. The Labute approximate surface area is 160 Å². The van der Waals surface area contributed by atoms with Crippen LogP contribution in [-0.2, 0) is 13.6 Å². The van der Waals surface area contributed by atoms with Crippen molar-refractivity contribution < 1.29 is 4.39 Å². The molecule has 0 unspecified atom stereocenters. The first-order chi connectivity index (χ1) is 13.3. The molecule has 8 heteroatoms. The summed E-state index contributed by atoms with van der Waals surface area (Å²) in [6.45, 7) is 6.23. The van der Waals surface area contributed by atoms with Crippen LogP contribution < -0.4 is 11.2 Å². The SMILES string of the molecule is CC[C@@H](C)n1c(C)cn2c3c(=O)n(Cc4ccc(F)cc4)c(=O)n(C)c3nc12. The van der Waals surface area contributed by atoms with Gasteiger partial charge >= 0.3 is 5.69 Å². The maximum absolute atomic E-state index is 13.2. The summed E-state index contributed by atoms with van der Waals surface area (Å²) in [6.07, 6.45) is 2.80. The van der Waals surface area contributed by atoms with Crippen molar-refractivity contribution >= 4 is 16.9 Å². The first-order valence-corrected chi connectivity index (χ1v) is 9.27. The standard InChI is InChI=1S/C20H22FN5O2/c1-5-12(2)26-13(3)10-24-16-17(22-19(24)26)23(4)20(28)25(18(16)27)11-14-6-8-15(21)9-7-14/h6-10,12H,5,11H2,1-4H3/t12-/m1/s1. The summed E-state index contributed by atoms with van der Waals surface area (Å²) >= 11 is 0. The van der Waals surface area contributed by atoms with E-state index in [0.717, 1.165) is 12.1 Å². The van der Waals surface area contributed by atoms with Crippen LogP contribution in [0.4, 0.5) is 4.39 Å². The molecule has 1 aromatic carbocycles. The fourth-order valence-corrected chi connectivity index (χ4v) is 3.67. The van der Waals surface area contributed by atoms with Crippen LogP contribution in [-0.4, -0.2) is 23.1 Å². The molecule has 0 N–H and O–H groups in total. The van der Waals surface area contributed by atoms with Gasteiger partial charge in [0.25, 0.3) is 5.56 Å². The van der Waals surface area contributed by atoms with Crippen LogP contribution in [0.25, 0.3) is 16.9 Å². The second kappa shape index (κ2) is 6.47. The molecule has 0 saturated heterocycles. The molecule has 28 heavy (non-hydrogen) atoms. The number of nitrogens with zero attached hydrogens (tertiary/aromatic N) is 5. The molecule has 0 bridgehead atoms. The van der Waals surface area contributed by atoms with Gasteiger partial charge in [-0.25, -0.2) is 9.18 Å². The molecule has 0 saturated carbocycles. The number of hydrogen-bond acceptors (Lipinski definition) is 3. The van der Waals surface area contributed by atoms with Gasteiger partial charge in [0, 0.05) is 25.0 Å². The first-order valence-electron chi connectivity index (χ1n) is 9.27. The van der Waals surface area contributed by atoms with Gasteiger partial charge in [-0.1, -0.05) is 19.1 Å². The number of benzene rings is 1. The molecular formula is C20H22FN5O2. The van der Waals surface area contributed by atoms with Crippen molar-refractivity contribution in [1.82, 2.24) is 23.1 Å². The fourth-order valence-electron chi connectivity index (χ4n) is 3.67. The van der Waals surface area contributed by atoms with Crippen molar-refractivity contribution in [1.29, 1.82) is 0 Å². The van der Waals surface area contributed by atoms with Gasteiger partial charge < -0.3 is 4.57 Å². The summed E-state index contributed by atoms with van der Waals surface area (Å²) in [5.41, 5.74) is 1.54. The first kappa shape index (κ1) is 18.2. The van der Waals surface area contributed by atoms with E-state index >= 15 is 0 Å². The Morgan fingerprint density at radius 3 is 2.50 bits per heavy atom. The maximum Gasteiger partial charge on any atom is 0.332 e. The minimum atomic E-state index is -0.450. The predicted octanol–water partition coefficient (Wildman–Crippen LogP) is 2.62. The highest BCUT2D eigenvalue weighted by Gasteiger charge is 2.21. The van der Waals surface area contributed by atoms with Crippen molar-refractivity contribution in [2.45, 2.75) is 39.8 Å². The third-order valence-electron chi connectivity index (χ3n) is 5.35. The zero-order valence-corrected chi connectivity index (χ0v) is 16.3. The van der Waals surface area contributed by atoms with Gasteiger partial charge in [0.2, 0.25) is 5.78 Å². The van der Waals surface area contributed by atoms with E-state index in [1.54, 1.807) is 23.6 Å². The monoisotopic (exact) mass is 383 g/mol. The van der Waals surface area contributed by atoms with Gasteiger partial charge in [0.1, 0.15) is 5.82 Å². The molecule has 0 aliphatic rings. The van der Waals surface area contributed by atoms with Crippen LogP contribution in [0.2, 0.25) is 0 Å². The summed E-state index contributed by atoms with van der Waals surface area (Å²) in [4.78, 5) is 30.6. The van der Waals surface area contributed by atoms with E-state index in [1.165, 1.54) is 21.3 Å². The highest BCUT2D eigenvalue weighted by Crippen LogP contribution is 2.22. The molecule has 4 aromatic rings. The van der Waals surface area contributed by atoms with Crippen molar-refractivity contribution in [3.63, 3.8) is 0 Å². The van der Waals surface area contributed by atoms with Gasteiger partial charge in [-0.2, -0.15) is 4.98 Å². The van der Waals surface area contributed by atoms with E-state index in [-0.39, 0.29) is 18.4 Å². The van der Waals surface area contributed by atoms with E-state index in [4.69, 9.17) is 0 Å². The molecular weight excluding hydrogens is 361 g/mol. The number of halogens is 1. The number of aromatic nitrogens is 5. The molecule has 3 aromatic heterocycles. The van der Waals surface area contributed by atoms with Crippen LogP contribution in [0.1, 0.15) is 37.6 Å². The van der Waals surface area contributed by atoms with E-state index in [2.05, 4.69) is 23.4 Å². The molecule has 3 heterocycles. The fraction of sp³-hybridized carbons (Fsp3) is 0.350. The number of aryl methyl sites for hydroxylation is 2. The third kappa shape index (κ3) is 2.59. The lowest BCUT2D eigenvalue weighted by Crippen LogP contribution is -2.39. The highest BCUT2D eigenvalue weighted by atomic mass is 19.1. The average Bonchev–Trinajstić information content (AvgIpc) is 3.19. The molecule has 0 aliphatic heterocycles. The third-order valence-corrected chi connectivity index (χ3v) is 5.35. The van der Waals surface area contributed by atoms with Crippen LogP contribution in [0, 0.1) is 12.7 Å². The van der Waals surface area contributed by atoms with Gasteiger partial charge in [0.15, 0.2) is 11.2 Å². The summed E-state index contributed by atoms with van der Waals surface area (Å²) in [5.74, 6) is 0.285. The molecule has 0 fully saturated rings. The van der Waals surface area contributed by atoms with E-state index in [1.807, 2.05) is 13.1 Å². The normalized spacial score (nSPS) is 12.9. The minimum absolute atomic E-state index is 0.0695. The van der Waals surface area contributed by atoms with Crippen LogP contribution in [0.15, 0.2) is 40.1 Å². The van der Waals surface area contributed by atoms with Crippen LogP contribution >= 0.6 is 0 Å².